The highest BCUT2D eigenvalue weighted by Crippen LogP contribution is 2.45. The van der Waals surface area contributed by atoms with Crippen LogP contribution in [0.5, 0.6) is 0 Å². The molecule has 0 saturated carbocycles. The molecule has 1 atom stereocenters. The fourth-order valence-electron chi connectivity index (χ4n) is 3.47. The van der Waals surface area contributed by atoms with Gasteiger partial charge in [0.15, 0.2) is 0 Å². The lowest BCUT2D eigenvalue weighted by Gasteiger charge is -2.42. The van der Waals surface area contributed by atoms with Crippen LogP contribution < -0.4 is 4.90 Å². The molecule has 0 radical (unpaired) electrons. The van der Waals surface area contributed by atoms with Gasteiger partial charge in [-0.3, -0.25) is 9.69 Å². The van der Waals surface area contributed by atoms with Crippen LogP contribution in [0.25, 0.3) is 0 Å². The van der Waals surface area contributed by atoms with Crippen molar-refractivity contribution in [2.24, 2.45) is 5.41 Å². The van der Waals surface area contributed by atoms with E-state index in [-0.39, 0.29) is 11.3 Å². The maximum Gasteiger partial charge on any atom is 0.238 e. The van der Waals surface area contributed by atoms with Crippen LogP contribution in [-0.4, -0.2) is 5.91 Å². The van der Waals surface area contributed by atoms with Gasteiger partial charge in [-0.1, -0.05) is 48.9 Å². The molecule has 2 aromatic carbocycles. The number of aryl methyl sites for hydroxylation is 1. The SMILES string of the molecule is C=CCC1(CC)Cc2ccccc2N(c2ccc(C)cc2)C1=O. The molecule has 0 aromatic heterocycles. The van der Waals surface area contributed by atoms with Crippen molar-refractivity contribution in [3.05, 3.63) is 72.3 Å². The van der Waals surface area contributed by atoms with Crippen molar-refractivity contribution in [2.45, 2.75) is 33.1 Å². The van der Waals surface area contributed by atoms with E-state index in [4.69, 9.17) is 0 Å². The van der Waals surface area contributed by atoms with E-state index in [1.54, 1.807) is 0 Å². The minimum Gasteiger partial charge on any atom is -0.280 e. The molecule has 2 aromatic rings. The number of hydrogen-bond donors (Lipinski definition) is 0. The molecule has 0 saturated heterocycles. The van der Waals surface area contributed by atoms with Gasteiger partial charge in [0.25, 0.3) is 0 Å². The first-order valence-corrected chi connectivity index (χ1v) is 8.21. The second kappa shape index (κ2) is 6.04. The molecule has 1 aliphatic rings. The summed E-state index contributed by atoms with van der Waals surface area (Å²) in [6.07, 6.45) is 4.18. The van der Waals surface area contributed by atoms with Gasteiger partial charge in [0, 0.05) is 5.69 Å². The summed E-state index contributed by atoms with van der Waals surface area (Å²) in [6.45, 7) is 8.04. The summed E-state index contributed by atoms with van der Waals surface area (Å²) in [7, 11) is 0. The molecule has 0 fully saturated rings. The van der Waals surface area contributed by atoms with Crippen molar-refractivity contribution in [2.75, 3.05) is 4.90 Å². The Kier molecular flexibility index (Phi) is 4.08. The van der Waals surface area contributed by atoms with Gasteiger partial charge in [-0.05, 0) is 49.9 Å². The van der Waals surface area contributed by atoms with Crippen molar-refractivity contribution >= 4 is 17.3 Å². The molecular weight excluding hydrogens is 282 g/mol. The third-order valence-electron chi connectivity index (χ3n) is 4.92. The van der Waals surface area contributed by atoms with Crippen molar-refractivity contribution in [1.29, 1.82) is 0 Å². The van der Waals surface area contributed by atoms with Gasteiger partial charge in [0.1, 0.15) is 0 Å². The molecule has 3 rings (SSSR count). The Morgan fingerprint density at radius 3 is 2.52 bits per heavy atom. The number of fused-ring (bicyclic) bond motifs is 1. The third kappa shape index (κ3) is 2.59. The Morgan fingerprint density at radius 2 is 1.87 bits per heavy atom. The maximum absolute atomic E-state index is 13.4. The summed E-state index contributed by atoms with van der Waals surface area (Å²) in [6, 6.07) is 16.4. The summed E-state index contributed by atoms with van der Waals surface area (Å²) in [4.78, 5) is 15.3. The molecule has 0 N–H and O–H groups in total. The van der Waals surface area contributed by atoms with Crippen molar-refractivity contribution in [3.8, 4) is 0 Å². The Balaban J connectivity index is 2.17. The van der Waals surface area contributed by atoms with Gasteiger partial charge < -0.3 is 0 Å². The van der Waals surface area contributed by atoms with E-state index < -0.39 is 0 Å². The molecule has 23 heavy (non-hydrogen) atoms. The lowest BCUT2D eigenvalue weighted by atomic mass is 9.72. The molecule has 2 heteroatoms. The number of allylic oxidation sites excluding steroid dienone is 1. The van der Waals surface area contributed by atoms with Crippen LogP contribution >= 0.6 is 0 Å². The standard InChI is InChI=1S/C21H23NO/c1-4-14-21(5-2)15-17-8-6-7-9-19(17)22(20(21)23)18-12-10-16(3)11-13-18/h4,6-13H,1,5,14-15H2,2-3H3. The first kappa shape index (κ1) is 15.5. The molecule has 0 spiro atoms. The summed E-state index contributed by atoms with van der Waals surface area (Å²) >= 11 is 0. The van der Waals surface area contributed by atoms with E-state index in [9.17, 15) is 4.79 Å². The molecule has 1 aliphatic heterocycles. The topological polar surface area (TPSA) is 20.3 Å². The first-order valence-electron chi connectivity index (χ1n) is 8.21. The molecule has 2 nitrogen and oxygen atoms in total. The number of para-hydroxylation sites is 1. The zero-order valence-corrected chi connectivity index (χ0v) is 13.9. The Labute approximate surface area is 138 Å². The van der Waals surface area contributed by atoms with Gasteiger partial charge in [-0.2, -0.15) is 0 Å². The highest BCUT2D eigenvalue weighted by Gasteiger charge is 2.44. The predicted octanol–water partition coefficient (Wildman–Crippen LogP) is 5.19. The molecule has 1 amide bonds. The average Bonchev–Trinajstić information content (AvgIpc) is 2.57. The lowest BCUT2D eigenvalue weighted by Crippen LogP contribution is -2.46. The van der Waals surface area contributed by atoms with Crippen molar-refractivity contribution < 1.29 is 4.79 Å². The second-order valence-corrected chi connectivity index (χ2v) is 6.41. The van der Waals surface area contributed by atoms with Crippen molar-refractivity contribution in [3.63, 3.8) is 0 Å². The van der Waals surface area contributed by atoms with E-state index in [2.05, 4.69) is 44.7 Å². The number of carbonyl (C=O) groups is 1. The highest BCUT2D eigenvalue weighted by atomic mass is 16.2. The summed E-state index contributed by atoms with van der Waals surface area (Å²) in [5, 5.41) is 0. The van der Waals surface area contributed by atoms with Gasteiger partial charge in [0.05, 0.1) is 11.1 Å². The third-order valence-corrected chi connectivity index (χ3v) is 4.92. The maximum atomic E-state index is 13.4. The minimum absolute atomic E-state index is 0.183. The van der Waals surface area contributed by atoms with E-state index in [1.165, 1.54) is 11.1 Å². The normalized spacial score (nSPS) is 20.3. The molecule has 1 heterocycles. The van der Waals surface area contributed by atoms with Crippen LogP contribution in [0, 0.1) is 12.3 Å². The molecule has 1 unspecified atom stereocenters. The minimum atomic E-state index is -0.388. The van der Waals surface area contributed by atoms with Gasteiger partial charge in [0.2, 0.25) is 5.91 Å². The van der Waals surface area contributed by atoms with Crippen LogP contribution in [0.2, 0.25) is 0 Å². The second-order valence-electron chi connectivity index (χ2n) is 6.41. The number of hydrogen-bond acceptors (Lipinski definition) is 1. The summed E-state index contributed by atoms with van der Waals surface area (Å²) < 4.78 is 0. The fraction of sp³-hybridized carbons (Fsp3) is 0.286. The van der Waals surface area contributed by atoms with Gasteiger partial charge in [-0.25, -0.2) is 0 Å². The van der Waals surface area contributed by atoms with Gasteiger partial charge in [-0.15, -0.1) is 6.58 Å². The predicted molar refractivity (Wildman–Crippen MR) is 96.0 cm³/mol. The lowest BCUT2D eigenvalue weighted by molar-refractivity contribution is -0.128. The van der Waals surface area contributed by atoms with Crippen LogP contribution in [0.15, 0.2) is 61.2 Å². The zero-order valence-electron chi connectivity index (χ0n) is 13.9. The highest BCUT2D eigenvalue weighted by molar-refractivity contribution is 6.06. The smallest absolute Gasteiger partial charge is 0.238 e. The Morgan fingerprint density at radius 1 is 1.17 bits per heavy atom. The van der Waals surface area contributed by atoms with Crippen LogP contribution in [0.4, 0.5) is 11.4 Å². The zero-order chi connectivity index (χ0) is 16.4. The first-order chi connectivity index (χ1) is 11.1. The number of rotatable bonds is 4. The quantitative estimate of drug-likeness (QED) is 0.712. The number of amides is 1. The Hall–Kier alpha value is -2.35. The number of benzene rings is 2. The van der Waals surface area contributed by atoms with E-state index in [1.807, 2.05) is 35.2 Å². The van der Waals surface area contributed by atoms with Crippen LogP contribution in [0.3, 0.4) is 0 Å². The number of carbonyl (C=O) groups excluding carboxylic acids is 1. The molecule has 118 valence electrons. The van der Waals surface area contributed by atoms with E-state index in [0.717, 1.165) is 24.2 Å². The van der Waals surface area contributed by atoms with Crippen LogP contribution in [0.1, 0.15) is 30.9 Å². The number of nitrogens with zero attached hydrogens (tertiary/aromatic N) is 1. The molecular formula is C21H23NO. The summed E-state index contributed by atoms with van der Waals surface area (Å²) in [5.41, 5.74) is 3.99. The van der Waals surface area contributed by atoms with E-state index >= 15 is 0 Å². The molecule has 0 bridgehead atoms. The number of anilines is 2. The largest absolute Gasteiger partial charge is 0.280 e. The van der Waals surface area contributed by atoms with E-state index in [0.29, 0.717) is 6.42 Å². The average molecular weight is 305 g/mol. The van der Waals surface area contributed by atoms with Crippen LogP contribution in [-0.2, 0) is 11.2 Å². The summed E-state index contributed by atoms with van der Waals surface area (Å²) in [5.74, 6) is 0.183. The molecule has 0 aliphatic carbocycles. The van der Waals surface area contributed by atoms with Gasteiger partial charge >= 0.3 is 0 Å². The monoisotopic (exact) mass is 305 g/mol. The Bertz CT molecular complexity index is 732. The van der Waals surface area contributed by atoms with Crippen molar-refractivity contribution in [1.82, 2.24) is 0 Å². The fourth-order valence-corrected chi connectivity index (χ4v) is 3.47.